The van der Waals surface area contributed by atoms with E-state index in [-0.39, 0.29) is 5.91 Å². The molecule has 3 rings (SSSR count). The van der Waals surface area contributed by atoms with Crippen molar-refractivity contribution in [2.45, 2.75) is 11.8 Å². The molecule has 1 fully saturated rings. The number of rotatable bonds is 6. The number of benzene rings is 2. The number of hydrogen-bond donors (Lipinski definition) is 2. The van der Waals surface area contributed by atoms with Crippen molar-refractivity contribution in [1.82, 2.24) is 0 Å². The standard InChI is InChI=1S/C20H24ClN3OS/c1-2-23-11-13-24(14-12-23)18-7-5-17(6-8-18)22-20(25)15-26-19-9-3-16(21)4-10-19/h3-10H,2,11-15H2,1H3,(H,22,25)/p+1. The molecule has 0 bridgehead atoms. The average molecular weight is 391 g/mol. The van der Waals surface area contributed by atoms with Crippen LogP contribution in [0, 0.1) is 0 Å². The second-order valence-corrected chi connectivity index (χ2v) is 7.91. The average Bonchev–Trinajstić information content (AvgIpc) is 2.68. The predicted octanol–water partition coefficient (Wildman–Crippen LogP) is 2.80. The monoisotopic (exact) mass is 390 g/mol. The van der Waals surface area contributed by atoms with E-state index >= 15 is 0 Å². The Morgan fingerprint density at radius 1 is 1.12 bits per heavy atom. The highest BCUT2D eigenvalue weighted by atomic mass is 35.5. The maximum absolute atomic E-state index is 12.1. The summed E-state index contributed by atoms with van der Waals surface area (Å²) >= 11 is 7.38. The molecular weight excluding hydrogens is 366 g/mol. The van der Waals surface area contributed by atoms with Crippen LogP contribution in [0.1, 0.15) is 6.92 Å². The molecule has 4 nitrogen and oxygen atoms in total. The Morgan fingerprint density at radius 3 is 2.38 bits per heavy atom. The van der Waals surface area contributed by atoms with E-state index in [0.717, 1.165) is 23.7 Å². The Labute approximate surface area is 164 Å². The van der Waals surface area contributed by atoms with Gasteiger partial charge in [-0.15, -0.1) is 11.8 Å². The van der Waals surface area contributed by atoms with Crippen LogP contribution in [0.2, 0.25) is 5.02 Å². The fourth-order valence-corrected chi connectivity index (χ4v) is 3.89. The van der Waals surface area contributed by atoms with Gasteiger partial charge in [0.1, 0.15) is 0 Å². The van der Waals surface area contributed by atoms with Crippen molar-refractivity contribution in [3.63, 3.8) is 0 Å². The molecule has 0 aliphatic carbocycles. The molecule has 0 saturated carbocycles. The number of anilines is 2. The fourth-order valence-electron chi connectivity index (χ4n) is 3.07. The molecule has 2 N–H and O–H groups in total. The van der Waals surface area contributed by atoms with Gasteiger partial charge in [-0.25, -0.2) is 0 Å². The molecule has 1 aliphatic heterocycles. The van der Waals surface area contributed by atoms with Crippen LogP contribution in [-0.4, -0.2) is 44.4 Å². The highest BCUT2D eigenvalue weighted by Crippen LogP contribution is 2.21. The molecule has 2 aromatic rings. The van der Waals surface area contributed by atoms with Crippen molar-refractivity contribution < 1.29 is 9.69 Å². The van der Waals surface area contributed by atoms with E-state index in [9.17, 15) is 4.79 Å². The molecule has 1 amide bonds. The molecule has 0 aromatic heterocycles. The summed E-state index contributed by atoms with van der Waals surface area (Å²) in [6.45, 7) is 8.01. The first-order valence-electron chi connectivity index (χ1n) is 9.01. The molecular formula is C20H25ClN3OS+. The number of quaternary nitrogens is 1. The van der Waals surface area contributed by atoms with E-state index in [1.807, 2.05) is 36.4 Å². The molecule has 138 valence electrons. The maximum atomic E-state index is 12.1. The van der Waals surface area contributed by atoms with Crippen LogP contribution in [0.3, 0.4) is 0 Å². The number of piperazine rings is 1. The summed E-state index contributed by atoms with van der Waals surface area (Å²) in [6.07, 6.45) is 0. The number of hydrogen-bond acceptors (Lipinski definition) is 3. The van der Waals surface area contributed by atoms with Gasteiger partial charge in [0.05, 0.1) is 38.5 Å². The normalized spacial score (nSPS) is 15.1. The number of halogens is 1. The van der Waals surface area contributed by atoms with Crippen molar-refractivity contribution in [1.29, 1.82) is 0 Å². The van der Waals surface area contributed by atoms with Gasteiger partial charge in [-0.3, -0.25) is 4.79 Å². The minimum Gasteiger partial charge on any atom is -0.360 e. The summed E-state index contributed by atoms with van der Waals surface area (Å²) < 4.78 is 0. The summed E-state index contributed by atoms with van der Waals surface area (Å²) in [7, 11) is 0. The summed E-state index contributed by atoms with van der Waals surface area (Å²) in [5.41, 5.74) is 2.07. The quantitative estimate of drug-likeness (QED) is 0.745. The van der Waals surface area contributed by atoms with Crippen molar-refractivity contribution in [3.05, 3.63) is 53.6 Å². The minimum absolute atomic E-state index is 0.00198. The number of nitrogens with one attached hydrogen (secondary N) is 2. The number of nitrogens with zero attached hydrogens (tertiary/aromatic N) is 1. The molecule has 0 unspecified atom stereocenters. The van der Waals surface area contributed by atoms with Crippen LogP contribution >= 0.6 is 23.4 Å². The fraction of sp³-hybridized carbons (Fsp3) is 0.350. The van der Waals surface area contributed by atoms with Crippen molar-refractivity contribution >= 4 is 40.6 Å². The molecule has 0 spiro atoms. The van der Waals surface area contributed by atoms with Gasteiger partial charge in [0.25, 0.3) is 0 Å². The van der Waals surface area contributed by atoms with Gasteiger partial charge in [0.15, 0.2) is 0 Å². The largest absolute Gasteiger partial charge is 0.360 e. The first-order valence-corrected chi connectivity index (χ1v) is 10.4. The van der Waals surface area contributed by atoms with Crippen molar-refractivity contribution in [2.75, 3.05) is 48.7 Å². The predicted molar refractivity (Wildman–Crippen MR) is 111 cm³/mol. The second-order valence-electron chi connectivity index (χ2n) is 6.43. The second kappa shape index (κ2) is 9.31. The summed E-state index contributed by atoms with van der Waals surface area (Å²) in [5.74, 6) is 0.378. The Bertz CT molecular complexity index is 713. The Morgan fingerprint density at radius 2 is 1.77 bits per heavy atom. The molecule has 0 radical (unpaired) electrons. The summed E-state index contributed by atoms with van der Waals surface area (Å²) in [5, 5.41) is 3.67. The molecule has 0 atom stereocenters. The third-order valence-corrected chi connectivity index (χ3v) is 5.93. The van der Waals surface area contributed by atoms with Gasteiger partial charge < -0.3 is 15.1 Å². The molecule has 1 heterocycles. The Hall–Kier alpha value is -1.69. The lowest BCUT2D eigenvalue weighted by Crippen LogP contribution is -3.14. The van der Waals surface area contributed by atoms with Gasteiger partial charge in [0.2, 0.25) is 5.91 Å². The van der Waals surface area contributed by atoms with Crippen molar-refractivity contribution in [3.8, 4) is 0 Å². The van der Waals surface area contributed by atoms with Gasteiger partial charge in [-0.05, 0) is 55.5 Å². The van der Waals surface area contributed by atoms with Crippen LogP contribution in [0.25, 0.3) is 0 Å². The zero-order chi connectivity index (χ0) is 18.4. The summed E-state index contributed by atoms with van der Waals surface area (Å²) in [6, 6.07) is 15.7. The molecule has 1 aliphatic rings. The highest BCUT2D eigenvalue weighted by molar-refractivity contribution is 8.00. The van der Waals surface area contributed by atoms with E-state index < -0.39 is 0 Å². The van der Waals surface area contributed by atoms with Crippen LogP contribution in [0.15, 0.2) is 53.4 Å². The third kappa shape index (κ3) is 5.40. The third-order valence-electron chi connectivity index (χ3n) is 4.67. The van der Waals surface area contributed by atoms with Crippen molar-refractivity contribution in [2.24, 2.45) is 0 Å². The van der Waals surface area contributed by atoms with E-state index in [1.54, 1.807) is 4.90 Å². The van der Waals surface area contributed by atoms with E-state index in [4.69, 9.17) is 11.6 Å². The zero-order valence-corrected chi connectivity index (χ0v) is 16.6. The lowest BCUT2D eigenvalue weighted by molar-refractivity contribution is -0.898. The molecule has 1 saturated heterocycles. The number of carbonyl (C=O) groups excluding carboxylic acids is 1. The van der Waals surface area contributed by atoms with E-state index in [0.29, 0.717) is 10.8 Å². The van der Waals surface area contributed by atoms with Crippen LogP contribution in [0.4, 0.5) is 11.4 Å². The maximum Gasteiger partial charge on any atom is 0.234 e. The van der Waals surface area contributed by atoms with Gasteiger partial charge in [-0.2, -0.15) is 0 Å². The SMILES string of the molecule is CC[NH+]1CCN(c2ccc(NC(=O)CSc3ccc(Cl)cc3)cc2)CC1. The van der Waals surface area contributed by atoms with E-state index in [1.165, 1.54) is 37.1 Å². The summed E-state index contributed by atoms with van der Waals surface area (Å²) in [4.78, 5) is 17.3. The number of amides is 1. The van der Waals surface area contributed by atoms with E-state index in [2.05, 4.69) is 29.3 Å². The lowest BCUT2D eigenvalue weighted by atomic mass is 10.2. The van der Waals surface area contributed by atoms with Crippen LogP contribution in [0.5, 0.6) is 0 Å². The van der Waals surface area contributed by atoms with Gasteiger partial charge in [-0.1, -0.05) is 11.6 Å². The van der Waals surface area contributed by atoms with Gasteiger partial charge in [0, 0.05) is 21.3 Å². The number of likely N-dealkylation sites (N-methyl/N-ethyl adjacent to an activating group) is 1. The Kier molecular flexibility index (Phi) is 6.83. The first-order chi connectivity index (χ1) is 12.6. The smallest absolute Gasteiger partial charge is 0.234 e. The zero-order valence-electron chi connectivity index (χ0n) is 15.0. The number of carbonyl (C=O) groups is 1. The highest BCUT2D eigenvalue weighted by Gasteiger charge is 2.18. The molecule has 6 heteroatoms. The molecule has 26 heavy (non-hydrogen) atoms. The number of thioether (sulfide) groups is 1. The first kappa shape index (κ1) is 19.1. The topological polar surface area (TPSA) is 36.8 Å². The van der Waals surface area contributed by atoms with Gasteiger partial charge >= 0.3 is 0 Å². The lowest BCUT2D eigenvalue weighted by Gasteiger charge is -2.33. The minimum atomic E-state index is -0.00198. The van der Waals surface area contributed by atoms with Crippen LogP contribution < -0.4 is 15.1 Å². The van der Waals surface area contributed by atoms with Crippen LogP contribution in [-0.2, 0) is 4.79 Å². The molecule has 2 aromatic carbocycles. The Balaban J connectivity index is 1.47.